The van der Waals surface area contributed by atoms with Crippen molar-refractivity contribution < 1.29 is 9.18 Å². The molecule has 1 fully saturated rings. The number of nitrogens with zero attached hydrogens (tertiary/aromatic N) is 4. The lowest BCUT2D eigenvalue weighted by Crippen LogP contribution is -2.35. The van der Waals surface area contributed by atoms with E-state index in [-0.39, 0.29) is 11.5 Å². The molecule has 2 aromatic carbocycles. The second-order valence-corrected chi connectivity index (χ2v) is 8.08. The fourth-order valence-corrected chi connectivity index (χ4v) is 4.21. The molecule has 0 saturated carbocycles. The summed E-state index contributed by atoms with van der Waals surface area (Å²) in [6.45, 7) is 2.56. The van der Waals surface area contributed by atoms with Crippen LogP contribution in [0.2, 0.25) is 5.02 Å². The first kappa shape index (κ1) is 19.8. The van der Waals surface area contributed by atoms with E-state index < -0.39 is 5.82 Å². The van der Waals surface area contributed by atoms with Crippen LogP contribution in [0.15, 0.2) is 48.5 Å². The molecule has 1 amide bonds. The smallest absolute Gasteiger partial charge is 0.256 e. The number of anilines is 1. The van der Waals surface area contributed by atoms with Crippen LogP contribution in [0.25, 0.3) is 0 Å². The Bertz CT molecular complexity index is 994. The minimum Gasteiger partial charge on any atom is -0.345 e. The molecule has 5 nitrogen and oxygen atoms in total. The average Bonchev–Trinajstić information content (AvgIpc) is 3.04. The summed E-state index contributed by atoms with van der Waals surface area (Å²) in [5.41, 5.74) is 1.23. The van der Waals surface area contributed by atoms with Crippen LogP contribution in [0.3, 0.4) is 0 Å². The monoisotopic (exact) mass is 430 g/mol. The van der Waals surface area contributed by atoms with Gasteiger partial charge in [0.25, 0.3) is 5.91 Å². The standard InChI is InChI=1S/C21H20ClFN4OS/c22-16-8-6-15(7-9-16)14-19-24-21(29-25-19)27-11-3-10-26(12-13-27)20(28)17-4-1-2-5-18(17)23/h1-2,4-9H,3,10-14H2. The summed E-state index contributed by atoms with van der Waals surface area (Å²) < 4.78 is 18.4. The van der Waals surface area contributed by atoms with Crippen molar-refractivity contribution in [2.24, 2.45) is 0 Å². The number of hydrogen-bond acceptors (Lipinski definition) is 5. The minimum absolute atomic E-state index is 0.127. The van der Waals surface area contributed by atoms with Gasteiger partial charge < -0.3 is 9.80 Å². The van der Waals surface area contributed by atoms with E-state index in [9.17, 15) is 9.18 Å². The van der Waals surface area contributed by atoms with Crippen LogP contribution in [0.4, 0.5) is 9.52 Å². The van der Waals surface area contributed by atoms with Crippen LogP contribution in [0.1, 0.15) is 28.2 Å². The SMILES string of the molecule is O=C(c1ccccc1F)N1CCCN(c2nc(Cc3ccc(Cl)cc3)ns2)CC1. The van der Waals surface area contributed by atoms with E-state index in [0.29, 0.717) is 31.1 Å². The Morgan fingerprint density at radius 2 is 1.86 bits per heavy atom. The summed E-state index contributed by atoms with van der Waals surface area (Å²) in [6, 6.07) is 13.8. The molecular weight excluding hydrogens is 411 g/mol. The lowest BCUT2D eigenvalue weighted by molar-refractivity contribution is 0.0762. The van der Waals surface area contributed by atoms with Gasteiger partial charge in [0.2, 0.25) is 5.13 Å². The van der Waals surface area contributed by atoms with Crippen molar-refractivity contribution in [2.75, 3.05) is 31.1 Å². The van der Waals surface area contributed by atoms with Crippen LogP contribution >= 0.6 is 23.1 Å². The van der Waals surface area contributed by atoms with Gasteiger partial charge in [-0.25, -0.2) is 9.37 Å². The van der Waals surface area contributed by atoms with Gasteiger partial charge in [0.05, 0.1) is 5.56 Å². The van der Waals surface area contributed by atoms with Gasteiger partial charge >= 0.3 is 0 Å². The Morgan fingerprint density at radius 1 is 1.07 bits per heavy atom. The van der Waals surface area contributed by atoms with E-state index in [1.165, 1.54) is 23.7 Å². The molecule has 0 spiro atoms. The van der Waals surface area contributed by atoms with Gasteiger partial charge in [0.1, 0.15) is 11.6 Å². The molecular formula is C21H20ClFN4OS. The number of rotatable bonds is 4. The summed E-state index contributed by atoms with van der Waals surface area (Å²) in [5.74, 6) is 0.0380. The molecule has 1 aromatic heterocycles. The molecule has 4 rings (SSSR count). The fraction of sp³-hybridized carbons (Fsp3) is 0.286. The van der Waals surface area contributed by atoms with Gasteiger partial charge in [-0.3, -0.25) is 4.79 Å². The third kappa shape index (κ3) is 4.74. The second-order valence-electron chi connectivity index (χ2n) is 6.91. The topological polar surface area (TPSA) is 49.3 Å². The maximum atomic E-state index is 14.0. The number of hydrogen-bond donors (Lipinski definition) is 0. The number of aromatic nitrogens is 2. The highest BCUT2D eigenvalue weighted by Crippen LogP contribution is 2.22. The van der Waals surface area contributed by atoms with Crippen molar-refractivity contribution in [2.45, 2.75) is 12.8 Å². The van der Waals surface area contributed by atoms with E-state index in [1.807, 2.05) is 24.3 Å². The molecule has 0 N–H and O–H groups in total. The molecule has 1 aliphatic heterocycles. The Kier molecular flexibility index (Phi) is 6.06. The zero-order chi connectivity index (χ0) is 20.2. The van der Waals surface area contributed by atoms with Crippen LogP contribution in [0.5, 0.6) is 0 Å². The minimum atomic E-state index is -0.477. The maximum absolute atomic E-state index is 14.0. The van der Waals surface area contributed by atoms with Gasteiger partial charge in [0.15, 0.2) is 0 Å². The van der Waals surface area contributed by atoms with Gasteiger partial charge in [0, 0.05) is 49.2 Å². The highest BCUT2D eigenvalue weighted by molar-refractivity contribution is 7.09. The highest BCUT2D eigenvalue weighted by atomic mass is 35.5. The van der Waals surface area contributed by atoms with Crippen molar-refractivity contribution in [1.82, 2.24) is 14.3 Å². The average molecular weight is 431 g/mol. The Hall–Kier alpha value is -2.51. The summed E-state index contributed by atoms with van der Waals surface area (Å²) >= 11 is 7.30. The molecule has 0 aliphatic carbocycles. The molecule has 1 aliphatic rings. The normalized spacial score (nSPS) is 14.7. The van der Waals surface area contributed by atoms with Crippen molar-refractivity contribution in [1.29, 1.82) is 0 Å². The molecule has 0 radical (unpaired) electrons. The van der Waals surface area contributed by atoms with E-state index in [2.05, 4.69) is 14.3 Å². The van der Waals surface area contributed by atoms with Gasteiger partial charge in [-0.15, -0.1) is 0 Å². The Labute approximate surface area is 177 Å². The number of halogens is 2. The first-order valence-electron chi connectivity index (χ1n) is 9.46. The largest absolute Gasteiger partial charge is 0.345 e. The Balaban J connectivity index is 1.40. The van der Waals surface area contributed by atoms with Crippen molar-refractivity contribution >= 4 is 34.2 Å². The van der Waals surface area contributed by atoms with Gasteiger partial charge in [-0.1, -0.05) is 35.9 Å². The summed E-state index contributed by atoms with van der Waals surface area (Å²) in [7, 11) is 0. The molecule has 1 saturated heterocycles. The predicted molar refractivity (Wildman–Crippen MR) is 113 cm³/mol. The second kappa shape index (κ2) is 8.88. The van der Waals surface area contributed by atoms with Crippen LogP contribution in [-0.4, -0.2) is 46.3 Å². The van der Waals surface area contributed by atoms with E-state index in [1.54, 1.807) is 17.0 Å². The molecule has 0 bridgehead atoms. The number of carbonyl (C=O) groups is 1. The molecule has 0 unspecified atom stereocenters. The van der Waals surface area contributed by atoms with Crippen LogP contribution in [-0.2, 0) is 6.42 Å². The third-order valence-electron chi connectivity index (χ3n) is 4.89. The van der Waals surface area contributed by atoms with E-state index >= 15 is 0 Å². The van der Waals surface area contributed by atoms with Crippen molar-refractivity contribution in [3.63, 3.8) is 0 Å². The molecule has 150 valence electrons. The quantitative estimate of drug-likeness (QED) is 0.620. The predicted octanol–water partition coefficient (Wildman–Crippen LogP) is 4.27. The van der Waals surface area contributed by atoms with Crippen molar-refractivity contribution in [3.8, 4) is 0 Å². The Morgan fingerprint density at radius 3 is 2.66 bits per heavy atom. The van der Waals surface area contributed by atoms with Crippen molar-refractivity contribution in [3.05, 3.63) is 76.3 Å². The molecule has 29 heavy (non-hydrogen) atoms. The first-order chi connectivity index (χ1) is 14.1. The number of amides is 1. The first-order valence-corrected chi connectivity index (χ1v) is 10.6. The highest BCUT2D eigenvalue weighted by Gasteiger charge is 2.23. The fourth-order valence-electron chi connectivity index (χ4n) is 3.35. The zero-order valence-electron chi connectivity index (χ0n) is 15.7. The molecule has 0 atom stereocenters. The van der Waals surface area contributed by atoms with Crippen LogP contribution < -0.4 is 4.90 Å². The lowest BCUT2D eigenvalue weighted by Gasteiger charge is -2.21. The number of carbonyl (C=O) groups excluding carboxylic acids is 1. The van der Waals surface area contributed by atoms with Gasteiger partial charge in [-0.05, 0) is 36.2 Å². The van der Waals surface area contributed by atoms with Crippen LogP contribution in [0, 0.1) is 5.82 Å². The summed E-state index contributed by atoms with van der Waals surface area (Å²) in [6.07, 6.45) is 1.45. The third-order valence-corrected chi connectivity index (χ3v) is 5.96. The summed E-state index contributed by atoms with van der Waals surface area (Å²) in [4.78, 5) is 21.2. The van der Waals surface area contributed by atoms with E-state index in [4.69, 9.17) is 11.6 Å². The molecule has 8 heteroatoms. The van der Waals surface area contributed by atoms with Gasteiger partial charge in [-0.2, -0.15) is 4.37 Å². The number of benzene rings is 2. The summed E-state index contributed by atoms with van der Waals surface area (Å²) in [5, 5.41) is 1.56. The molecule has 2 heterocycles. The molecule has 3 aromatic rings. The van der Waals surface area contributed by atoms with E-state index in [0.717, 1.165) is 29.5 Å². The maximum Gasteiger partial charge on any atom is 0.256 e. The lowest BCUT2D eigenvalue weighted by atomic mass is 10.1. The zero-order valence-corrected chi connectivity index (χ0v) is 17.3.